The van der Waals surface area contributed by atoms with Crippen molar-refractivity contribution in [1.82, 2.24) is 15.1 Å². The van der Waals surface area contributed by atoms with E-state index in [1.54, 1.807) is 0 Å². The Morgan fingerprint density at radius 2 is 1.81 bits per heavy atom. The number of carbonyl (C=O) groups excluding carboxylic acids is 1. The van der Waals surface area contributed by atoms with E-state index in [1.165, 1.54) is 12.1 Å². The third-order valence-electron chi connectivity index (χ3n) is 4.68. The Hall–Kier alpha value is -1.62. The lowest BCUT2D eigenvalue weighted by molar-refractivity contribution is 0.154. The average Bonchev–Trinajstić information content (AvgIpc) is 3.27. The maximum atomic E-state index is 13.0. The Bertz CT molecular complexity index is 505. The van der Waals surface area contributed by atoms with Gasteiger partial charge in [0.15, 0.2) is 0 Å². The monoisotopic (exact) mass is 291 g/mol. The molecule has 1 aliphatic carbocycles. The molecule has 1 heterocycles. The fourth-order valence-corrected chi connectivity index (χ4v) is 2.89. The lowest BCUT2D eigenvalue weighted by atomic mass is 9.96. The van der Waals surface area contributed by atoms with Crippen LogP contribution in [-0.4, -0.2) is 55.6 Å². The maximum absolute atomic E-state index is 13.0. The third kappa shape index (κ3) is 3.18. The highest BCUT2D eigenvalue weighted by molar-refractivity contribution is 5.74. The molecule has 5 heteroatoms. The molecule has 2 amide bonds. The summed E-state index contributed by atoms with van der Waals surface area (Å²) in [6.45, 7) is 4.06. The lowest BCUT2D eigenvalue weighted by Crippen LogP contribution is -2.51. The predicted molar refractivity (Wildman–Crippen MR) is 79.8 cm³/mol. The van der Waals surface area contributed by atoms with Crippen LogP contribution in [0.1, 0.15) is 18.4 Å². The fraction of sp³-hybridized carbons (Fsp3) is 0.562. The van der Waals surface area contributed by atoms with Gasteiger partial charge in [-0.3, -0.25) is 0 Å². The van der Waals surface area contributed by atoms with Crippen molar-refractivity contribution >= 4 is 6.03 Å². The Labute approximate surface area is 124 Å². The molecule has 1 saturated heterocycles. The first kappa shape index (κ1) is 14.3. The fourth-order valence-electron chi connectivity index (χ4n) is 2.89. The lowest BCUT2D eigenvalue weighted by Gasteiger charge is -2.32. The molecule has 114 valence electrons. The van der Waals surface area contributed by atoms with Gasteiger partial charge in [0.2, 0.25) is 0 Å². The van der Waals surface area contributed by atoms with Crippen molar-refractivity contribution in [2.24, 2.45) is 0 Å². The van der Waals surface area contributed by atoms with E-state index < -0.39 is 0 Å². The zero-order valence-corrected chi connectivity index (χ0v) is 12.4. The van der Waals surface area contributed by atoms with Crippen LogP contribution in [-0.2, 0) is 5.41 Å². The number of hydrogen-bond donors (Lipinski definition) is 1. The number of halogens is 1. The largest absolute Gasteiger partial charge is 0.337 e. The number of urea groups is 1. The minimum Gasteiger partial charge on any atom is -0.337 e. The van der Waals surface area contributed by atoms with Crippen LogP contribution in [0.3, 0.4) is 0 Å². The normalized spacial score (nSPS) is 21.1. The molecule has 1 aromatic carbocycles. The second kappa shape index (κ2) is 5.64. The highest BCUT2D eigenvalue weighted by Crippen LogP contribution is 2.47. The second-order valence-corrected chi connectivity index (χ2v) is 6.24. The number of benzene rings is 1. The number of hydrogen-bond acceptors (Lipinski definition) is 2. The first-order valence-electron chi connectivity index (χ1n) is 7.56. The van der Waals surface area contributed by atoms with Gasteiger partial charge in [0.25, 0.3) is 0 Å². The van der Waals surface area contributed by atoms with E-state index >= 15 is 0 Å². The maximum Gasteiger partial charge on any atom is 0.317 e. The van der Waals surface area contributed by atoms with Gasteiger partial charge < -0.3 is 15.1 Å². The molecule has 0 spiro atoms. The van der Waals surface area contributed by atoms with Crippen LogP contribution in [0.2, 0.25) is 0 Å². The van der Waals surface area contributed by atoms with Crippen molar-refractivity contribution in [2.45, 2.75) is 18.3 Å². The standard InChI is InChI=1S/C16H22FN3O/c1-19-8-10-20(11-9-19)15(21)18-12-16(6-7-16)13-2-4-14(17)5-3-13/h2-5H,6-12H2,1H3,(H,18,21). The summed E-state index contributed by atoms with van der Waals surface area (Å²) in [5.41, 5.74) is 1.15. The van der Waals surface area contributed by atoms with Crippen LogP contribution in [0.25, 0.3) is 0 Å². The number of likely N-dealkylation sites (N-methyl/N-ethyl adjacent to an activating group) is 1. The van der Waals surface area contributed by atoms with Gasteiger partial charge in [0.05, 0.1) is 0 Å². The van der Waals surface area contributed by atoms with Gasteiger partial charge in [-0.1, -0.05) is 12.1 Å². The van der Waals surface area contributed by atoms with E-state index in [4.69, 9.17) is 0 Å². The van der Waals surface area contributed by atoms with Crippen molar-refractivity contribution in [3.63, 3.8) is 0 Å². The number of nitrogens with zero attached hydrogens (tertiary/aromatic N) is 2. The zero-order valence-electron chi connectivity index (χ0n) is 12.4. The van der Waals surface area contributed by atoms with E-state index in [-0.39, 0.29) is 17.3 Å². The minimum absolute atomic E-state index is 0.0237. The smallest absolute Gasteiger partial charge is 0.317 e. The van der Waals surface area contributed by atoms with Crippen molar-refractivity contribution in [3.8, 4) is 0 Å². The van der Waals surface area contributed by atoms with Crippen LogP contribution in [0.15, 0.2) is 24.3 Å². The summed E-state index contributed by atoms with van der Waals surface area (Å²) in [4.78, 5) is 16.3. The van der Waals surface area contributed by atoms with Crippen LogP contribution in [0.5, 0.6) is 0 Å². The summed E-state index contributed by atoms with van der Waals surface area (Å²) in [7, 11) is 2.07. The summed E-state index contributed by atoms with van der Waals surface area (Å²) >= 11 is 0. The SMILES string of the molecule is CN1CCN(C(=O)NCC2(c3ccc(F)cc3)CC2)CC1. The van der Waals surface area contributed by atoms with Gasteiger partial charge in [-0.15, -0.1) is 0 Å². The Morgan fingerprint density at radius 1 is 1.19 bits per heavy atom. The quantitative estimate of drug-likeness (QED) is 0.922. The molecule has 2 fully saturated rings. The summed E-state index contributed by atoms with van der Waals surface area (Å²) < 4.78 is 13.0. The molecule has 1 aromatic rings. The third-order valence-corrected chi connectivity index (χ3v) is 4.68. The van der Waals surface area contributed by atoms with E-state index in [2.05, 4.69) is 17.3 Å². The summed E-state index contributed by atoms with van der Waals surface area (Å²) in [6, 6.07) is 6.70. The molecule has 0 radical (unpaired) electrons. The number of carbonyl (C=O) groups is 1. The highest BCUT2D eigenvalue weighted by atomic mass is 19.1. The molecule has 21 heavy (non-hydrogen) atoms. The Kier molecular flexibility index (Phi) is 3.85. The van der Waals surface area contributed by atoms with E-state index in [1.807, 2.05) is 17.0 Å². The van der Waals surface area contributed by atoms with Crippen molar-refractivity contribution in [3.05, 3.63) is 35.6 Å². The Balaban J connectivity index is 1.55. The molecule has 0 unspecified atom stereocenters. The molecule has 0 atom stereocenters. The topological polar surface area (TPSA) is 35.6 Å². The second-order valence-electron chi connectivity index (χ2n) is 6.24. The van der Waals surface area contributed by atoms with E-state index in [9.17, 15) is 9.18 Å². The molecule has 1 N–H and O–H groups in total. The molecule has 1 aliphatic heterocycles. The van der Waals surface area contributed by atoms with E-state index in [0.717, 1.165) is 44.6 Å². The van der Waals surface area contributed by atoms with E-state index in [0.29, 0.717) is 6.54 Å². The van der Waals surface area contributed by atoms with Crippen molar-refractivity contribution < 1.29 is 9.18 Å². The summed E-state index contributed by atoms with van der Waals surface area (Å²) in [6.07, 6.45) is 2.11. The van der Waals surface area contributed by atoms with Crippen molar-refractivity contribution in [1.29, 1.82) is 0 Å². The zero-order chi connectivity index (χ0) is 14.9. The molecular weight excluding hydrogens is 269 g/mol. The van der Waals surface area contributed by atoms with Gasteiger partial charge in [-0.05, 0) is 37.6 Å². The summed E-state index contributed by atoms with van der Waals surface area (Å²) in [5.74, 6) is -0.212. The first-order valence-corrected chi connectivity index (χ1v) is 7.56. The van der Waals surface area contributed by atoms with Crippen molar-refractivity contribution in [2.75, 3.05) is 39.8 Å². The minimum atomic E-state index is -0.212. The molecule has 3 rings (SSSR count). The van der Waals surface area contributed by atoms with Gasteiger partial charge in [-0.2, -0.15) is 0 Å². The Morgan fingerprint density at radius 3 is 2.38 bits per heavy atom. The predicted octanol–water partition coefficient (Wildman–Crippen LogP) is 1.81. The van der Waals surface area contributed by atoms with Gasteiger partial charge in [0, 0.05) is 38.1 Å². The van der Waals surface area contributed by atoms with Crippen LogP contribution >= 0.6 is 0 Å². The molecule has 0 aromatic heterocycles. The number of piperazine rings is 1. The molecule has 2 aliphatic rings. The van der Waals surface area contributed by atoms with Crippen LogP contribution in [0, 0.1) is 5.82 Å². The molecule has 1 saturated carbocycles. The van der Waals surface area contributed by atoms with Crippen LogP contribution in [0.4, 0.5) is 9.18 Å². The number of amides is 2. The number of nitrogens with one attached hydrogen (secondary N) is 1. The molecule has 4 nitrogen and oxygen atoms in total. The highest BCUT2D eigenvalue weighted by Gasteiger charge is 2.44. The van der Waals surface area contributed by atoms with Crippen LogP contribution < -0.4 is 5.32 Å². The summed E-state index contributed by atoms with van der Waals surface area (Å²) in [5, 5.41) is 3.06. The molecule has 0 bridgehead atoms. The molecular formula is C16H22FN3O. The van der Waals surface area contributed by atoms with Gasteiger partial charge >= 0.3 is 6.03 Å². The van der Waals surface area contributed by atoms with Gasteiger partial charge in [0.1, 0.15) is 5.82 Å². The van der Waals surface area contributed by atoms with Gasteiger partial charge in [-0.25, -0.2) is 9.18 Å². The average molecular weight is 291 g/mol. The number of rotatable bonds is 3. The first-order chi connectivity index (χ1) is 10.1.